The van der Waals surface area contributed by atoms with Gasteiger partial charge in [-0.1, -0.05) is 24.3 Å². The molecule has 5 heteroatoms. The second kappa shape index (κ2) is 7.08. The number of ether oxygens (including phenoxy) is 2. The zero-order valence-electron chi connectivity index (χ0n) is 13.8. The zero-order valence-corrected chi connectivity index (χ0v) is 13.8. The number of methoxy groups -OCH3 is 2. The van der Waals surface area contributed by atoms with Gasteiger partial charge in [-0.2, -0.15) is 0 Å². The van der Waals surface area contributed by atoms with E-state index in [4.69, 9.17) is 9.47 Å². The van der Waals surface area contributed by atoms with Gasteiger partial charge in [-0.25, -0.2) is 0 Å². The molecule has 0 saturated carbocycles. The van der Waals surface area contributed by atoms with Crippen LogP contribution in [0, 0.1) is 0 Å². The SMILES string of the molecule is COc1ccc(CNC(=O)Cn2ccc3ccccc32)cc1OC. The van der Waals surface area contributed by atoms with Gasteiger partial charge in [0.1, 0.15) is 6.54 Å². The van der Waals surface area contributed by atoms with Gasteiger partial charge in [0, 0.05) is 18.3 Å². The number of nitrogens with zero attached hydrogens (tertiary/aromatic N) is 1. The van der Waals surface area contributed by atoms with Crippen LogP contribution in [0.1, 0.15) is 5.56 Å². The second-order valence-corrected chi connectivity index (χ2v) is 5.47. The molecule has 0 fully saturated rings. The lowest BCUT2D eigenvalue weighted by atomic mass is 10.2. The molecule has 124 valence electrons. The van der Waals surface area contributed by atoms with Crippen LogP contribution in [0.3, 0.4) is 0 Å². The summed E-state index contributed by atoms with van der Waals surface area (Å²) in [6.07, 6.45) is 1.93. The van der Waals surface area contributed by atoms with Crippen LogP contribution < -0.4 is 14.8 Å². The van der Waals surface area contributed by atoms with E-state index < -0.39 is 0 Å². The van der Waals surface area contributed by atoms with Crippen LogP contribution in [-0.2, 0) is 17.9 Å². The van der Waals surface area contributed by atoms with Crippen molar-refractivity contribution >= 4 is 16.8 Å². The Balaban J connectivity index is 1.63. The predicted molar refractivity (Wildman–Crippen MR) is 93.3 cm³/mol. The Morgan fingerprint density at radius 1 is 1.04 bits per heavy atom. The van der Waals surface area contributed by atoms with Crippen LogP contribution in [0.25, 0.3) is 10.9 Å². The Hall–Kier alpha value is -2.95. The summed E-state index contributed by atoms with van der Waals surface area (Å²) in [6.45, 7) is 0.735. The number of amides is 1. The van der Waals surface area contributed by atoms with E-state index >= 15 is 0 Å². The summed E-state index contributed by atoms with van der Waals surface area (Å²) in [5.41, 5.74) is 2.01. The number of aromatic nitrogens is 1. The molecule has 5 nitrogen and oxygen atoms in total. The van der Waals surface area contributed by atoms with Crippen molar-refractivity contribution in [2.45, 2.75) is 13.1 Å². The molecule has 0 saturated heterocycles. The number of para-hydroxylation sites is 1. The summed E-state index contributed by atoms with van der Waals surface area (Å²) in [6, 6.07) is 15.6. The van der Waals surface area contributed by atoms with Crippen LogP contribution in [-0.4, -0.2) is 24.7 Å². The molecule has 2 aromatic carbocycles. The Kier molecular flexibility index (Phi) is 4.70. The number of carbonyl (C=O) groups excluding carboxylic acids is 1. The van der Waals surface area contributed by atoms with E-state index in [1.165, 1.54) is 0 Å². The van der Waals surface area contributed by atoms with Crippen molar-refractivity contribution in [2.24, 2.45) is 0 Å². The molecule has 1 heterocycles. The highest BCUT2D eigenvalue weighted by molar-refractivity contribution is 5.83. The van der Waals surface area contributed by atoms with Crippen molar-refractivity contribution in [1.82, 2.24) is 9.88 Å². The molecule has 0 radical (unpaired) electrons. The number of rotatable bonds is 6. The number of hydrogen-bond donors (Lipinski definition) is 1. The van der Waals surface area contributed by atoms with Gasteiger partial charge in [0.15, 0.2) is 11.5 Å². The van der Waals surface area contributed by atoms with Gasteiger partial charge < -0.3 is 19.4 Å². The maximum absolute atomic E-state index is 12.2. The first-order valence-corrected chi connectivity index (χ1v) is 7.72. The first kappa shape index (κ1) is 15.9. The molecule has 0 aliphatic rings. The Morgan fingerprint density at radius 3 is 2.62 bits per heavy atom. The van der Waals surface area contributed by atoms with E-state index in [0.717, 1.165) is 16.5 Å². The van der Waals surface area contributed by atoms with Gasteiger partial charge in [-0.3, -0.25) is 4.79 Å². The van der Waals surface area contributed by atoms with Crippen LogP contribution in [0.5, 0.6) is 11.5 Å². The number of carbonyl (C=O) groups is 1. The lowest BCUT2D eigenvalue weighted by Gasteiger charge is -2.11. The van der Waals surface area contributed by atoms with E-state index in [9.17, 15) is 4.79 Å². The van der Waals surface area contributed by atoms with Gasteiger partial charge in [-0.15, -0.1) is 0 Å². The average molecular weight is 324 g/mol. The molecular weight excluding hydrogens is 304 g/mol. The highest BCUT2D eigenvalue weighted by Crippen LogP contribution is 2.27. The summed E-state index contributed by atoms with van der Waals surface area (Å²) >= 11 is 0. The Bertz CT molecular complexity index is 855. The van der Waals surface area contributed by atoms with Crippen molar-refractivity contribution in [3.63, 3.8) is 0 Å². The lowest BCUT2D eigenvalue weighted by molar-refractivity contribution is -0.121. The average Bonchev–Trinajstić information content (AvgIpc) is 3.02. The Labute approximate surface area is 140 Å². The molecule has 1 aromatic heterocycles. The minimum absolute atomic E-state index is 0.0360. The number of fused-ring (bicyclic) bond motifs is 1. The molecule has 0 unspecified atom stereocenters. The molecule has 1 amide bonds. The fourth-order valence-corrected chi connectivity index (χ4v) is 2.68. The minimum Gasteiger partial charge on any atom is -0.493 e. The maximum Gasteiger partial charge on any atom is 0.240 e. The van der Waals surface area contributed by atoms with Gasteiger partial charge in [0.2, 0.25) is 5.91 Å². The lowest BCUT2D eigenvalue weighted by Crippen LogP contribution is -2.26. The normalized spacial score (nSPS) is 10.6. The highest BCUT2D eigenvalue weighted by atomic mass is 16.5. The molecule has 0 aliphatic carbocycles. The van der Waals surface area contributed by atoms with Crippen LogP contribution >= 0.6 is 0 Å². The molecule has 24 heavy (non-hydrogen) atoms. The minimum atomic E-state index is -0.0360. The van der Waals surface area contributed by atoms with E-state index in [-0.39, 0.29) is 5.91 Å². The van der Waals surface area contributed by atoms with E-state index in [2.05, 4.69) is 5.32 Å². The van der Waals surface area contributed by atoms with Crippen molar-refractivity contribution < 1.29 is 14.3 Å². The number of benzene rings is 2. The van der Waals surface area contributed by atoms with Crippen molar-refractivity contribution in [1.29, 1.82) is 0 Å². The summed E-state index contributed by atoms with van der Waals surface area (Å²) in [5.74, 6) is 1.29. The quantitative estimate of drug-likeness (QED) is 0.758. The van der Waals surface area contributed by atoms with Crippen molar-refractivity contribution in [2.75, 3.05) is 14.2 Å². The summed E-state index contributed by atoms with van der Waals surface area (Å²) in [5, 5.41) is 4.06. The molecule has 3 rings (SSSR count). The third-order valence-corrected chi connectivity index (χ3v) is 3.93. The molecule has 3 aromatic rings. The standard InChI is InChI=1S/C19H20N2O3/c1-23-17-8-7-14(11-18(17)24-2)12-20-19(22)13-21-10-9-15-5-3-4-6-16(15)21/h3-11H,12-13H2,1-2H3,(H,20,22). The van der Waals surface area contributed by atoms with E-state index in [1.807, 2.05) is 59.3 Å². The third kappa shape index (κ3) is 3.35. The molecule has 0 aliphatic heterocycles. The third-order valence-electron chi connectivity index (χ3n) is 3.93. The van der Waals surface area contributed by atoms with Crippen molar-refractivity contribution in [3.05, 3.63) is 60.3 Å². The Morgan fingerprint density at radius 2 is 1.83 bits per heavy atom. The highest BCUT2D eigenvalue weighted by Gasteiger charge is 2.08. The number of hydrogen-bond acceptors (Lipinski definition) is 3. The van der Waals surface area contributed by atoms with Crippen LogP contribution in [0.2, 0.25) is 0 Å². The predicted octanol–water partition coefficient (Wildman–Crippen LogP) is 2.97. The van der Waals surface area contributed by atoms with Crippen LogP contribution in [0.4, 0.5) is 0 Å². The maximum atomic E-state index is 12.2. The van der Waals surface area contributed by atoms with Crippen molar-refractivity contribution in [3.8, 4) is 11.5 Å². The molecular formula is C19H20N2O3. The molecule has 1 N–H and O–H groups in total. The zero-order chi connectivity index (χ0) is 16.9. The fourth-order valence-electron chi connectivity index (χ4n) is 2.68. The molecule has 0 bridgehead atoms. The van der Waals surface area contributed by atoms with Gasteiger partial charge in [0.25, 0.3) is 0 Å². The largest absolute Gasteiger partial charge is 0.493 e. The molecule has 0 atom stereocenters. The van der Waals surface area contributed by atoms with E-state index in [1.54, 1.807) is 14.2 Å². The first-order chi connectivity index (χ1) is 11.7. The topological polar surface area (TPSA) is 52.5 Å². The first-order valence-electron chi connectivity index (χ1n) is 7.72. The monoisotopic (exact) mass is 324 g/mol. The van der Waals surface area contributed by atoms with E-state index in [0.29, 0.717) is 24.6 Å². The molecule has 0 spiro atoms. The van der Waals surface area contributed by atoms with Gasteiger partial charge in [0.05, 0.1) is 14.2 Å². The summed E-state index contributed by atoms with van der Waals surface area (Å²) in [4.78, 5) is 12.2. The van der Waals surface area contributed by atoms with Gasteiger partial charge >= 0.3 is 0 Å². The number of nitrogens with one attached hydrogen (secondary N) is 1. The smallest absolute Gasteiger partial charge is 0.240 e. The van der Waals surface area contributed by atoms with Crippen LogP contribution in [0.15, 0.2) is 54.7 Å². The van der Waals surface area contributed by atoms with Gasteiger partial charge in [-0.05, 0) is 35.2 Å². The fraction of sp³-hybridized carbons (Fsp3) is 0.211. The second-order valence-electron chi connectivity index (χ2n) is 5.47. The summed E-state index contributed by atoms with van der Waals surface area (Å²) in [7, 11) is 3.19. The summed E-state index contributed by atoms with van der Waals surface area (Å²) < 4.78 is 12.4.